The van der Waals surface area contributed by atoms with Crippen LogP contribution in [-0.2, 0) is 0 Å². The summed E-state index contributed by atoms with van der Waals surface area (Å²) in [5.41, 5.74) is 2.03. The third-order valence-electron chi connectivity index (χ3n) is 5.22. The van der Waals surface area contributed by atoms with Crippen molar-refractivity contribution in [3.63, 3.8) is 0 Å². The van der Waals surface area contributed by atoms with Gasteiger partial charge in [0, 0.05) is 23.6 Å². The third-order valence-corrected chi connectivity index (χ3v) is 6.32. The van der Waals surface area contributed by atoms with Crippen molar-refractivity contribution in [3.8, 4) is 11.3 Å². The highest BCUT2D eigenvalue weighted by molar-refractivity contribution is 8.14. The Morgan fingerprint density at radius 3 is 2.72 bits per heavy atom. The predicted molar refractivity (Wildman–Crippen MR) is 112 cm³/mol. The largest absolute Gasteiger partial charge is 0.478 e. The first-order chi connectivity index (χ1) is 14.1. The molecule has 1 N–H and O–H groups in total. The van der Waals surface area contributed by atoms with Crippen molar-refractivity contribution in [2.75, 3.05) is 6.54 Å². The van der Waals surface area contributed by atoms with E-state index >= 15 is 0 Å². The van der Waals surface area contributed by atoms with E-state index in [2.05, 4.69) is 16.8 Å². The third kappa shape index (κ3) is 3.21. The number of rotatable bonds is 4. The zero-order chi connectivity index (χ0) is 20.0. The highest BCUT2D eigenvalue weighted by atomic mass is 32.2. The molecule has 3 atom stereocenters. The number of thioether (sulfide) groups is 1. The molecule has 2 aliphatic heterocycles. The second-order valence-electron chi connectivity index (χ2n) is 7.22. The number of nitrogens with zero attached hydrogens (tertiary/aromatic N) is 3. The number of fused-ring (bicyclic) bond motifs is 1. The minimum Gasteiger partial charge on any atom is -0.478 e. The normalized spacial score (nSPS) is 23.1. The average molecular weight is 405 g/mol. The SMILES string of the molecule is C[C@@H]1CN2C(=N[C@H](c3ccccn3)[C@H]2c2ccc(-c3ccc(C(=O)O)cc3)o2)S1. The number of pyridine rings is 1. The molecule has 4 heterocycles. The monoisotopic (exact) mass is 405 g/mol. The number of hydrogen-bond donors (Lipinski definition) is 1. The summed E-state index contributed by atoms with van der Waals surface area (Å²) in [5.74, 6) is 0.614. The van der Waals surface area contributed by atoms with Gasteiger partial charge in [-0.3, -0.25) is 4.98 Å². The maximum absolute atomic E-state index is 11.1. The Hall–Kier alpha value is -3.06. The lowest BCUT2D eigenvalue weighted by Crippen LogP contribution is -2.28. The van der Waals surface area contributed by atoms with Crippen molar-refractivity contribution >= 4 is 22.9 Å². The lowest BCUT2D eigenvalue weighted by molar-refractivity contribution is 0.0697. The molecule has 2 aromatic heterocycles. The summed E-state index contributed by atoms with van der Waals surface area (Å²) in [6.45, 7) is 3.12. The van der Waals surface area contributed by atoms with E-state index in [1.165, 1.54) is 0 Å². The summed E-state index contributed by atoms with van der Waals surface area (Å²) in [6.07, 6.45) is 1.79. The van der Waals surface area contributed by atoms with Crippen LogP contribution in [0.2, 0.25) is 0 Å². The Labute approximate surface area is 172 Å². The van der Waals surface area contributed by atoms with E-state index < -0.39 is 5.97 Å². The molecule has 3 aromatic rings. The summed E-state index contributed by atoms with van der Waals surface area (Å²) >= 11 is 1.79. The van der Waals surface area contributed by atoms with Crippen LogP contribution in [0.1, 0.15) is 40.8 Å². The second-order valence-corrected chi connectivity index (χ2v) is 8.63. The number of benzene rings is 1. The molecule has 146 valence electrons. The number of furan rings is 1. The van der Waals surface area contributed by atoms with Crippen molar-refractivity contribution in [1.29, 1.82) is 0 Å². The van der Waals surface area contributed by atoms with Crippen LogP contribution in [-0.4, -0.2) is 37.9 Å². The van der Waals surface area contributed by atoms with Gasteiger partial charge in [-0.1, -0.05) is 36.9 Å². The van der Waals surface area contributed by atoms with Gasteiger partial charge in [0.15, 0.2) is 5.17 Å². The first kappa shape index (κ1) is 18.0. The van der Waals surface area contributed by atoms with Crippen LogP contribution in [0.25, 0.3) is 11.3 Å². The molecule has 0 unspecified atom stereocenters. The Balaban J connectivity index is 1.49. The quantitative estimate of drug-likeness (QED) is 0.682. The maximum atomic E-state index is 11.1. The highest BCUT2D eigenvalue weighted by Crippen LogP contribution is 2.48. The first-order valence-electron chi connectivity index (χ1n) is 9.45. The molecule has 5 rings (SSSR count). The van der Waals surface area contributed by atoms with E-state index in [0.29, 0.717) is 11.0 Å². The molecule has 29 heavy (non-hydrogen) atoms. The van der Waals surface area contributed by atoms with Crippen molar-refractivity contribution < 1.29 is 14.3 Å². The number of amidine groups is 1. The molecule has 0 amide bonds. The number of aromatic carboxylic acids is 1. The summed E-state index contributed by atoms with van der Waals surface area (Å²) in [7, 11) is 0. The molecular formula is C22H19N3O3S. The number of carboxylic acids is 1. The molecular weight excluding hydrogens is 386 g/mol. The van der Waals surface area contributed by atoms with E-state index in [0.717, 1.165) is 28.7 Å². The zero-order valence-electron chi connectivity index (χ0n) is 15.7. The molecule has 0 aliphatic carbocycles. The maximum Gasteiger partial charge on any atom is 0.335 e. The number of hydrogen-bond acceptors (Lipinski definition) is 6. The Morgan fingerprint density at radius 1 is 1.17 bits per heavy atom. The van der Waals surface area contributed by atoms with Crippen molar-refractivity contribution in [3.05, 3.63) is 77.8 Å². The fraction of sp³-hybridized carbons (Fsp3) is 0.227. The Bertz CT molecular complexity index is 1080. The Kier molecular flexibility index (Phi) is 4.39. The number of carbonyl (C=O) groups is 1. The van der Waals surface area contributed by atoms with Crippen molar-refractivity contribution in [1.82, 2.24) is 9.88 Å². The van der Waals surface area contributed by atoms with Gasteiger partial charge in [0.1, 0.15) is 23.6 Å². The second kappa shape index (κ2) is 7.08. The van der Waals surface area contributed by atoms with Gasteiger partial charge in [-0.15, -0.1) is 0 Å². The number of aromatic nitrogens is 1. The van der Waals surface area contributed by atoms with Crippen LogP contribution < -0.4 is 0 Å². The standard InChI is InChI=1S/C22H19N3O3S/c1-13-12-25-20(19(24-22(25)29-13)16-4-2-3-11-23-16)18-10-9-17(28-18)14-5-7-15(8-6-14)21(26)27/h2-11,13,19-20H,12H2,1H3,(H,26,27)/t13-,19-,20-/m1/s1. The fourth-order valence-electron chi connectivity index (χ4n) is 3.87. The van der Waals surface area contributed by atoms with E-state index in [1.807, 2.05) is 30.3 Å². The van der Waals surface area contributed by atoms with E-state index in [-0.39, 0.29) is 17.6 Å². The zero-order valence-corrected chi connectivity index (χ0v) is 16.5. The molecule has 1 saturated heterocycles. The average Bonchev–Trinajstić information content (AvgIpc) is 3.42. The van der Waals surface area contributed by atoms with Crippen LogP contribution in [0.4, 0.5) is 0 Å². The molecule has 1 fully saturated rings. The van der Waals surface area contributed by atoms with Gasteiger partial charge in [0.05, 0.1) is 11.3 Å². The highest BCUT2D eigenvalue weighted by Gasteiger charge is 2.45. The van der Waals surface area contributed by atoms with Gasteiger partial charge in [-0.2, -0.15) is 0 Å². The van der Waals surface area contributed by atoms with Gasteiger partial charge in [0.25, 0.3) is 0 Å². The molecule has 0 radical (unpaired) electrons. The van der Waals surface area contributed by atoms with Gasteiger partial charge in [-0.25, -0.2) is 9.79 Å². The van der Waals surface area contributed by atoms with Crippen LogP contribution in [0.15, 0.2) is 70.2 Å². The molecule has 0 spiro atoms. The summed E-state index contributed by atoms with van der Waals surface area (Å²) in [5, 5.41) is 10.6. The molecule has 1 aromatic carbocycles. The molecule has 7 heteroatoms. The van der Waals surface area contributed by atoms with E-state index in [9.17, 15) is 4.79 Å². The topological polar surface area (TPSA) is 78.9 Å². The first-order valence-corrected chi connectivity index (χ1v) is 10.3. The predicted octanol–water partition coefficient (Wildman–Crippen LogP) is 4.63. The van der Waals surface area contributed by atoms with E-state index in [1.54, 1.807) is 42.2 Å². The van der Waals surface area contributed by atoms with Crippen LogP contribution in [0.5, 0.6) is 0 Å². The molecule has 0 bridgehead atoms. The van der Waals surface area contributed by atoms with Gasteiger partial charge >= 0.3 is 5.97 Å². The minimum atomic E-state index is -0.939. The minimum absolute atomic E-state index is 0.0376. The Morgan fingerprint density at radius 2 is 2.00 bits per heavy atom. The van der Waals surface area contributed by atoms with Crippen LogP contribution >= 0.6 is 11.8 Å². The fourth-order valence-corrected chi connectivity index (χ4v) is 4.96. The summed E-state index contributed by atoms with van der Waals surface area (Å²) < 4.78 is 6.25. The van der Waals surface area contributed by atoms with Gasteiger partial charge in [-0.05, 0) is 36.4 Å². The summed E-state index contributed by atoms with van der Waals surface area (Å²) in [4.78, 5) is 22.9. The lowest BCUT2D eigenvalue weighted by Gasteiger charge is -2.25. The number of aliphatic imine (C=N–C) groups is 1. The van der Waals surface area contributed by atoms with Gasteiger partial charge in [0.2, 0.25) is 0 Å². The molecule has 0 saturated carbocycles. The smallest absolute Gasteiger partial charge is 0.335 e. The van der Waals surface area contributed by atoms with Crippen LogP contribution in [0, 0.1) is 0 Å². The van der Waals surface area contributed by atoms with Crippen LogP contribution in [0.3, 0.4) is 0 Å². The lowest BCUT2D eigenvalue weighted by atomic mass is 10.0. The summed E-state index contributed by atoms with van der Waals surface area (Å²) in [6, 6.07) is 16.4. The van der Waals surface area contributed by atoms with Crippen molar-refractivity contribution in [2.45, 2.75) is 24.3 Å². The van der Waals surface area contributed by atoms with Crippen molar-refractivity contribution in [2.24, 2.45) is 4.99 Å². The van der Waals surface area contributed by atoms with Gasteiger partial charge < -0.3 is 14.4 Å². The van der Waals surface area contributed by atoms with E-state index in [4.69, 9.17) is 14.5 Å². The number of carboxylic acid groups (broad SMARTS) is 1. The molecule has 2 aliphatic rings. The molecule has 6 nitrogen and oxygen atoms in total.